The molecule has 0 aliphatic heterocycles. The molecular weight excluding hydrogens is 402 g/mol. The van der Waals surface area contributed by atoms with E-state index in [0.29, 0.717) is 16.8 Å². The van der Waals surface area contributed by atoms with Gasteiger partial charge in [-0.15, -0.1) is 0 Å². The number of halogens is 1. The van der Waals surface area contributed by atoms with Gasteiger partial charge >= 0.3 is 11.7 Å². The number of rotatable bonds is 9. The second-order valence-electron chi connectivity index (χ2n) is 5.67. The third-order valence-electron chi connectivity index (χ3n) is 3.69. The van der Waals surface area contributed by atoms with Gasteiger partial charge in [-0.05, 0) is 46.6 Å². The lowest BCUT2D eigenvalue weighted by atomic mass is 10.2. The van der Waals surface area contributed by atoms with Crippen molar-refractivity contribution in [2.75, 3.05) is 6.61 Å². The Morgan fingerprint density at radius 1 is 1.12 bits per heavy atom. The first kappa shape index (κ1) is 19.9. The van der Waals surface area contributed by atoms with Crippen molar-refractivity contribution in [1.82, 2.24) is 0 Å². The van der Waals surface area contributed by atoms with Gasteiger partial charge in [0, 0.05) is 6.07 Å². The highest BCUT2D eigenvalue weighted by molar-refractivity contribution is 9.10. The largest absolute Gasteiger partial charge is 0.492 e. The molecule has 0 aliphatic rings. The number of nitro benzene ring substituents is 1. The number of esters is 1. The van der Waals surface area contributed by atoms with Crippen LogP contribution in [0, 0.1) is 10.1 Å². The Morgan fingerprint density at radius 3 is 2.58 bits per heavy atom. The molecule has 0 atom stereocenters. The van der Waals surface area contributed by atoms with Gasteiger partial charge in [-0.3, -0.25) is 10.1 Å². The van der Waals surface area contributed by atoms with Gasteiger partial charge in [0.2, 0.25) is 5.75 Å². The minimum Gasteiger partial charge on any atom is -0.492 e. The SMILES string of the molecule is CCCCCCOc1ccc(C(=O)Oc2ccccc2[N+](=O)[O-])cc1Br. The van der Waals surface area contributed by atoms with Gasteiger partial charge in [0.1, 0.15) is 5.75 Å². The van der Waals surface area contributed by atoms with E-state index in [1.807, 2.05) is 0 Å². The van der Waals surface area contributed by atoms with Crippen molar-refractivity contribution in [1.29, 1.82) is 0 Å². The van der Waals surface area contributed by atoms with Crippen LogP contribution in [0.5, 0.6) is 11.5 Å². The maximum Gasteiger partial charge on any atom is 0.343 e. The molecule has 0 saturated carbocycles. The summed E-state index contributed by atoms with van der Waals surface area (Å²) in [6.45, 7) is 2.76. The number of hydrogen-bond acceptors (Lipinski definition) is 5. The van der Waals surface area contributed by atoms with Gasteiger partial charge < -0.3 is 9.47 Å². The van der Waals surface area contributed by atoms with Crippen LogP contribution in [0.3, 0.4) is 0 Å². The average Bonchev–Trinajstić information content (AvgIpc) is 2.63. The van der Waals surface area contributed by atoms with Crippen LogP contribution >= 0.6 is 15.9 Å². The molecule has 2 aromatic carbocycles. The number of carbonyl (C=O) groups is 1. The number of para-hydroxylation sites is 2. The molecule has 0 radical (unpaired) electrons. The molecule has 0 bridgehead atoms. The predicted octanol–water partition coefficient (Wildman–Crippen LogP) is 5.54. The Hall–Kier alpha value is -2.41. The Bertz CT molecular complexity index is 778. The van der Waals surface area contributed by atoms with Crippen molar-refractivity contribution < 1.29 is 19.2 Å². The summed E-state index contributed by atoms with van der Waals surface area (Å²) >= 11 is 3.38. The molecule has 26 heavy (non-hydrogen) atoms. The molecule has 0 aromatic heterocycles. The van der Waals surface area contributed by atoms with Gasteiger partial charge in [-0.1, -0.05) is 38.3 Å². The third kappa shape index (κ3) is 5.56. The topological polar surface area (TPSA) is 78.7 Å². The highest BCUT2D eigenvalue weighted by Crippen LogP contribution is 2.29. The van der Waals surface area contributed by atoms with Gasteiger partial charge in [0.05, 0.1) is 21.6 Å². The minimum atomic E-state index is -0.672. The van der Waals surface area contributed by atoms with Crippen LogP contribution in [0.4, 0.5) is 5.69 Å². The zero-order chi connectivity index (χ0) is 18.9. The molecule has 138 valence electrons. The molecule has 0 N–H and O–H groups in total. The van der Waals surface area contributed by atoms with Crippen molar-refractivity contribution in [3.63, 3.8) is 0 Å². The first-order chi connectivity index (χ1) is 12.5. The second kappa shape index (κ2) is 9.91. The van der Waals surface area contributed by atoms with Crippen molar-refractivity contribution in [2.45, 2.75) is 32.6 Å². The number of hydrogen-bond donors (Lipinski definition) is 0. The van der Waals surface area contributed by atoms with Crippen LogP contribution in [-0.2, 0) is 0 Å². The van der Waals surface area contributed by atoms with Crippen LogP contribution < -0.4 is 9.47 Å². The lowest BCUT2D eigenvalue weighted by molar-refractivity contribution is -0.385. The quantitative estimate of drug-likeness (QED) is 0.174. The summed E-state index contributed by atoms with van der Waals surface area (Å²) < 4.78 is 11.5. The maximum absolute atomic E-state index is 12.3. The molecule has 7 heteroatoms. The van der Waals surface area contributed by atoms with Crippen LogP contribution in [0.2, 0.25) is 0 Å². The van der Waals surface area contributed by atoms with Crippen LogP contribution in [0.25, 0.3) is 0 Å². The van der Waals surface area contributed by atoms with Crippen LogP contribution in [0.1, 0.15) is 43.0 Å². The van der Waals surface area contributed by atoms with E-state index in [9.17, 15) is 14.9 Å². The molecule has 0 aliphatic carbocycles. The van der Waals surface area contributed by atoms with E-state index in [1.165, 1.54) is 31.0 Å². The molecule has 2 rings (SSSR count). The van der Waals surface area contributed by atoms with E-state index in [-0.39, 0.29) is 17.0 Å². The summed E-state index contributed by atoms with van der Waals surface area (Å²) in [5.41, 5.74) is 0.0142. The monoisotopic (exact) mass is 421 g/mol. The summed E-state index contributed by atoms with van der Waals surface area (Å²) in [5.74, 6) is -0.117. The third-order valence-corrected chi connectivity index (χ3v) is 4.31. The standard InChI is InChI=1S/C19H20BrNO5/c1-2-3-4-7-12-25-17-11-10-14(13-15(17)20)19(22)26-18-9-6-5-8-16(18)21(23)24/h5-6,8-11,13H,2-4,7,12H2,1H3. The van der Waals surface area contributed by atoms with E-state index in [1.54, 1.807) is 24.3 Å². The molecule has 0 saturated heterocycles. The molecule has 0 unspecified atom stereocenters. The highest BCUT2D eigenvalue weighted by atomic mass is 79.9. The van der Waals surface area contributed by atoms with Crippen molar-refractivity contribution in [3.8, 4) is 11.5 Å². The van der Waals surface area contributed by atoms with E-state index in [4.69, 9.17) is 9.47 Å². The fourth-order valence-corrected chi connectivity index (χ4v) is 2.80. The highest BCUT2D eigenvalue weighted by Gasteiger charge is 2.18. The van der Waals surface area contributed by atoms with Crippen LogP contribution in [-0.4, -0.2) is 17.5 Å². The molecular formula is C19H20BrNO5. The Kier molecular flexibility index (Phi) is 7.59. The number of nitrogens with zero attached hydrogens (tertiary/aromatic N) is 1. The summed E-state index contributed by atoms with van der Waals surface area (Å²) in [7, 11) is 0. The van der Waals surface area contributed by atoms with E-state index in [0.717, 1.165) is 12.8 Å². The second-order valence-corrected chi connectivity index (χ2v) is 6.52. The summed E-state index contributed by atoms with van der Waals surface area (Å²) in [6.07, 6.45) is 4.44. The fraction of sp³-hybridized carbons (Fsp3) is 0.316. The first-order valence-corrected chi connectivity index (χ1v) is 9.20. The molecule has 0 heterocycles. The van der Waals surface area contributed by atoms with Crippen molar-refractivity contribution in [3.05, 3.63) is 62.6 Å². The van der Waals surface area contributed by atoms with E-state index in [2.05, 4.69) is 22.9 Å². The lowest BCUT2D eigenvalue weighted by Gasteiger charge is -2.10. The molecule has 0 spiro atoms. The molecule has 6 nitrogen and oxygen atoms in total. The van der Waals surface area contributed by atoms with E-state index >= 15 is 0 Å². The number of ether oxygens (including phenoxy) is 2. The Labute approximate surface area is 160 Å². The number of unbranched alkanes of at least 4 members (excludes halogenated alkanes) is 3. The Balaban J connectivity index is 2.02. The first-order valence-electron chi connectivity index (χ1n) is 8.41. The number of nitro groups is 1. The molecule has 0 fully saturated rings. The summed E-state index contributed by atoms with van der Waals surface area (Å²) in [5, 5.41) is 11.0. The fourth-order valence-electron chi connectivity index (χ4n) is 2.31. The lowest BCUT2D eigenvalue weighted by Crippen LogP contribution is -2.10. The minimum absolute atomic E-state index is 0.0881. The molecule has 2 aromatic rings. The number of benzene rings is 2. The van der Waals surface area contributed by atoms with Gasteiger partial charge in [-0.2, -0.15) is 0 Å². The van der Waals surface area contributed by atoms with Gasteiger partial charge in [0.25, 0.3) is 0 Å². The zero-order valence-corrected chi connectivity index (χ0v) is 16.0. The van der Waals surface area contributed by atoms with Crippen LogP contribution in [0.15, 0.2) is 46.9 Å². The smallest absolute Gasteiger partial charge is 0.343 e. The molecule has 0 amide bonds. The normalized spacial score (nSPS) is 10.4. The van der Waals surface area contributed by atoms with Crippen molar-refractivity contribution >= 4 is 27.6 Å². The zero-order valence-electron chi connectivity index (χ0n) is 14.4. The van der Waals surface area contributed by atoms with Crippen molar-refractivity contribution in [2.24, 2.45) is 0 Å². The average molecular weight is 422 g/mol. The van der Waals surface area contributed by atoms with E-state index < -0.39 is 10.9 Å². The predicted molar refractivity (Wildman–Crippen MR) is 102 cm³/mol. The summed E-state index contributed by atoms with van der Waals surface area (Å²) in [4.78, 5) is 22.7. The van der Waals surface area contributed by atoms with Gasteiger partial charge in [-0.25, -0.2) is 4.79 Å². The maximum atomic E-state index is 12.3. The Morgan fingerprint density at radius 2 is 1.88 bits per heavy atom. The van der Waals surface area contributed by atoms with Gasteiger partial charge in [0.15, 0.2) is 0 Å². The summed E-state index contributed by atoms with van der Waals surface area (Å²) in [6, 6.07) is 10.6. The number of carbonyl (C=O) groups excluding carboxylic acids is 1.